The predicted octanol–water partition coefficient (Wildman–Crippen LogP) is 12.1. The van der Waals surface area contributed by atoms with Gasteiger partial charge in [0.1, 0.15) is 6.61 Å². The van der Waals surface area contributed by atoms with Crippen molar-refractivity contribution in [2.75, 3.05) is 13.2 Å². The summed E-state index contributed by atoms with van der Waals surface area (Å²) in [5, 5.41) is 0. The zero-order valence-corrected chi connectivity index (χ0v) is 33.3. The fraction of sp³-hybridized carbons (Fsp3) is 0.628. The Balaban J connectivity index is 4.16. The molecule has 0 heterocycles. The van der Waals surface area contributed by atoms with Gasteiger partial charge < -0.3 is 19.3 Å². The van der Waals surface area contributed by atoms with Crippen molar-refractivity contribution in [2.24, 2.45) is 0 Å². The van der Waals surface area contributed by atoms with Crippen LogP contribution in [0.25, 0.3) is 0 Å². The summed E-state index contributed by atoms with van der Waals surface area (Å²) < 4.78 is 26.2. The quantitative estimate of drug-likeness (QED) is 0.0285. The second kappa shape index (κ2) is 38.0. The molecule has 0 saturated heterocycles. The number of phosphoric acid groups is 1. The maximum absolute atomic E-state index is 12.4. The molecule has 0 aliphatic carbocycles. The molecule has 0 unspecified atom stereocenters. The van der Waals surface area contributed by atoms with E-state index in [1.54, 1.807) is 0 Å². The molecule has 0 bridgehead atoms. The number of allylic oxidation sites excluding steroid dienone is 14. The van der Waals surface area contributed by atoms with Crippen molar-refractivity contribution in [3.8, 4) is 0 Å². The van der Waals surface area contributed by atoms with Gasteiger partial charge in [0, 0.05) is 12.8 Å². The highest BCUT2D eigenvalue weighted by atomic mass is 31.2. The van der Waals surface area contributed by atoms with Crippen molar-refractivity contribution < 1.29 is 37.9 Å². The molecular formula is C43H71O8P. The van der Waals surface area contributed by atoms with Crippen LogP contribution in [0.4, 0.5) is 0 Å². The van der Waals surface area contributed by atoms with Crippen molar-refractivity contribution in [3.05, 3.63) is 85.1 Å². The molecule has 0 spiro atoms. The minimum absolute atomic E-state index is 0.121. The molecule has 2 N–H and O–H groups in total. The van der Waals surface area contributed by atoms with Crippen molar-refractivity contribution >= 4 is 19.8 Å². The SMILES string of the molecule is CCCCC/C=C\C/C=C\C/C=C\C/C=C\CCCC(=O)O[C@H](COC(=O)CCC/C=C\C/C=C\C/C=C\CCCCCCCC)COP(=O)(O)O. The van der Waals surface area contributed by atoms with E-state index in [0.717, 1.165) is 51.4 Å². The number of phosphoric ester groups is 1. The summed E-state index contributed by atoms with van der Waals surface area (Å²) in [6, 6.07) is 0. The van der Waals surface area contributed by atoms with Crippen molar-refractivity contribution in [2.45, 2.75) is 161 Å². The average molecular weight is 747 g/mol. The zero-order valence-electron chi connectivity index (χ0n) is 32.4. The van der Waals surface area contributed by atoms with Crippen LogP contribution in [-0.4, -0.2) is 41.0 Å². The van der Waals surface area contributed by atoms with Crippen LogP contribution in [0.1, 0.15) is 155 Å². The van der Waals surface area contributed by atoms with Crippen molar-refractivity contribution in [1.82, 2.24) is 0 Å². The van der Waals surface area contributed by atoms with Crippen molar-refractivity contribution in [1.29, 1.82) is 0 Å². The highest BCUT2D eigenvalue weighted by molar-refractivity contribution is 7.46. The van der Waals surface area contributed by atoms with E-state index >= 15 is 0 Å². The molecular weight excluding hydrogens is 675 g/mol. The van der Waals surface area contributed by atoms with Crippen LogP contribution < -0.4 is 0 Å². The van der Waals surface area contributed by atoms with Gasteiger partial charge in [0.15, 0.2) is 6.10 Å². The van der Waals surface area contributed by atoms with Gasteiger partial charge in [-0.1, -0.05) is 144 Å². The molecule has 0 aromatic heterocycles. The van der Waals surface area contributed by atoms with Gasteiger partial charge in [0.2, 0.25) is 0 Å². The highest BCUT2D eigenvalue weighted by Crippen LogP contribution is 2.35. The Morgan fingerprint density at radius 3 is 1.33 bits per heavy atom. The minimum atomic E-state index is -4.78. The molecule has 0 radical (unpaired) electrons. The topological polar surface area (TPSA) is 119 Å². The van der Waals surface area contributed by atoms with E-state index in [-0.39, 0.29) is 19.4 Å². The Kier molecular flexibility index (Phi) is 35.9. The molecule has 8 nitrogen and oxygen atoms in total. The third-order valence-electron chi connectivity index (χ3n) is 7.89. The number of ether oxygens (including phenoxy) is 2. The molecule has 0 aromatic carbocycles. The lowest BCUT2D eigenvalue weighted by Crippen LogP contribution is -2.29. The molecule has 52 heavy (non-hydrogen) atoms. The summed E-state index contributed by atoms with van der Waals surface area (Å²) in [5.41, 5.74) is 0. The lowest BCUT2D eigenvalue weighted by Gasteiger charge is -2.18. The molecule has 0 aliphatic rings. The van der Waals surface area contributed by atoms with Gasteiger partial charge in [-0.15, -0.1) is 0 Å². The number of hydrogen-bond donors (Lipinski definition) is 2. The summed E-state index contributed by atoms with van der Waals surface area (Å²) >= 11 is 0. The maximum Gasteiger partial charge on any atom is 0.469 e. The molecule has 0 rings (SSSR count). The molecule has 0 aliphatic heterocycles. The van der Waals surface area contributed by atoms with Crippen LogP contribution in [0, 0.1) is 0 Å². The van der Waals surface area contributed by atoms with Gasteiger partial charge in [0.25, 0.3) is 0 Å². The van der Waals surface area contributed by atoms with Gasteiger partial charge in [0.05, 0.1) is 6.61 Å². The fourth-order valence-corrected chi connectivity index (χ4v) is 5.27. The number of rotatable bonds is 35. The zero-order chi connectivity index (χ0) is 38.2. The summed E-state index contributed by atoms with van der Waals surface area (Å²) in [4.78, 5) is 42.7. The molecule has 296 valence electrons. The third kappa shape index (κ3) is 40.0. The third-order valence-corrected chi connectivity index (χ3v) is 8.37. The number of unbranched alkanes of at least 4 members (excludes halogenated alkanes) is 11. The summed E-state index contributed by atoms with van der Waals surface area (Å²) in [6.07, 6.45) is 50.3. The maximum atomic E-state index is 12.4. The van der Waals surface area contributed by atoms with Crippen molar-refractivity contribution in [3.63, 3.8) is 0 Å². The minimum Gasteiger partial charge on any atom is -0.462 e. The number of hydrogen-bond acceptors (Lipinski definition) is 6. The van der Waals surface area contributed by atoms with E-state index in [0.29, 0.717) is 19.3 Å². The first kappa shape index (κ1) is 49.2. The van der Waals surface area contributed by atoms with E-state index in [1.165, 1.54) is 57.8 Å². The summed E-state index contributed by atoms with van der Waals surface area (Å²) in [6.45, 7) is 3.54. The molecule has 0 fully saturated rings. The number of carbonyl (C=O) groups is 2. The summed E-state index contributed by atoms with van der Waals surface area (Å²) in [7, 11) is -4.78. The number of carbonyl (C=O) groups excluding carboxylic acids is 2. The van der Waals surface area contributed by atoms with Gasteiger partial charge in [-0.25, -0.2) is 4.57 Å². The predicted molar refractivity (Wildman–Crippen MR) is 216 cm³/mol. The van der Waals surface area contributed by atoms with Gasteiger partial charge in [-0.2, -0.15) is 0 Å². The van der Waals surface area contributed by atoms with Crippen LogP contribution in [0.5, 0.6) is 0 Å². The van der Waals surface area contributed by atoms with Crippen LogP contribution in [0.3, 0.4) is 0 Å². The second-order valence-electron chi connectivity index (χ2n) is 12.9. The smallest absolute Gasteiger partial charge is 0.462 e. The largest absolute Gasteiger partial charge is 0.469 e. The number of esters is 2. The van der Waals surface area contributed by atoms with Crippen LogP contribution >= 0.6 is 7.82 Å². The van der Waals surface area contributed by atoms with E-state index < -0.39 is 32.5 Å². The Bertz CT molecular complexity index is 1110. The van der Waals surface area contributed by atoms with Gasteiger partial charge in [-0.05, 0) is 83.5 Å². The van der Waals surface area contributed by atoms with Crippen LogP contribution in [0.2, 0.25) is 0 Å². The summed E-state index contributed by atoms with van der Waals surface area (Å²) in [5.74, 6) is -1.02. The molecule has 0 aromatic rings. The van der Waals surface area contributed by atoms with E-state index in [1.807, 2.05) is 18.2 Å². The Morgan fingerprint density at radius 1 is 0.500 bits per heavy atom. The first-order chi connectivity index (χ1) is 25.3. The molecule has 1 atom stereocenters. The Morgan fingerprint density at radius 2 is 0.865 bits per heavy atom. The second-order valence-corrected chi connectivity index (χ2v) is 14.1. The van der Waals surface area contributed by atoms with E-state index in [4.69, 9.17) is 19.3 Å². The standard InChI is InChI=1S/C43H71O8P/c1-3-5-7-9-11-13-15-17-19-21-23-25-27-29-31-33-35-37-42(44)49-39-41(40-50-52(46,47)48)51-43(45)38-36-34-32-30-28-26-24-22-20-18-16-14-12-10-8-6-4-2/h12,14,17-20,23-26,29-32,41H,3-11,13,15-16,21-22,27-28,33-40H2,1-2H3,(H2,46,47,48)/b14-12-,19-17-,20-18-,25-23-,26-24-,31-29-,32-30-/t41-/m1/s1. The van der Waals surface area contributed by atoms with Gasteiger partial charge in [-0.3, -0.25) is 14.1 Å². The highest BCUT2D eigenvalue weighted by Gasteiger charge is 2.22. The molecule has 9 heteroatoms. The van der Waals surface area contributed by atoms with E-state index in [9.17, 15) is 14.2 Å². The normalized spacial score (nSPS) is 13.4. The van der Waals surface area contributed by atoms with E-state index in [2.05, 4.69) is 85.2 Å². The van der Waals surface area contributed by atoms with Crippen LogP contribution in [-0.2, 0) is 28.2 Å². The lowest BCUT2D eigenvalue weighted by atomic mass is 10.1. The first-order valence-corrected chi connectivity index (χ1v) is 21.4. The monoisotopic (exact) mass is 746 g/mol. The van der Waals surface area contributed by atoms with Gasteiger partial charge >= 0.3 is 19.8 Å². The first-order valence-electron chi connectivity index (χ1n) is 19.9. The van der Waals surface area contributed by atoms with Crippen LogP contribution in [0.15, 0.2) is 85.1 Å². The Labute approximate surface area is 316 Å². The molecule has 0 saturated carbocycles. The Hall–Kier alpha value is -2.77. The average Bonchev–Trinajstić information content (AvgIpc) is 3.11. The fourth-order valence-electron chi connectivity index (χ4n) is 4.91. The molecule has 0 amide bonds. The lowest BCUT2D eigenvalue weighted by molar-refractivity contribution is -0.161.